The first-order chi connectivity index (χ1) is 14.6. The van der Waals surface area contributed by atoms with E-state index in [1.165, 1.54) is 11.8 Å². The van der Waals surface area contributed by atoms with E-state index >= 15 is 0 Å². The van der Waals surface area contributed by atoms with Crippen molar-refractivity contribution < 1.29 is 18.7 Å². The van der Waals surface area contributed by atoms with Gasteiger partial charge in [-0.3, -0.25) is 10.1 Å². The molecule has 0 spiro atoms. The van der Waals surface area contributed by atoms with E-state index in [0.29, 0.717) is 23.4 Å². The van der Waals surface area contributed by atoms with Gasteiger partial charge in [0.05, 0.1) is 0 Å². The van der Waals surface area contributed by atoms with Crippen molar-refractivity contribution in [1.82, 2.24) is 20.8 Å². The molecule has 1 heterocycles. The number of amides is 3. The van der Waals surface area contributed by atoms with Gasteiger partial charge in [0.25, 0.3) is 11.1 Å². The number of thioether (sulfide) groups is 1. The van der Waals surface area contributed by atoms with E-state index in [4.69, 9.17) is 9.15 Å². The molecule has 0 atom stereocenters. The lowest BCUT2D eigenvalue weighted by atomic mass is 10.2. The predicted octanol–water partition coefficient (Wildman–Crippen LogP) is 3.47. The Balaban J connectivity index is 1.32. The topological polar surface area (TPSA) is 106 Å². The van der Waals surface area contributed by atoms with Crippen molar-refractivity contribution in [3.8, 4) is 5.75 Å². The number of aryl methyl sites for hydroxylation is 1. The maximum Gasteiger partial charge on any atom is 0.321 e. The molecule has 0 saturated heterocycles. The van der Waals surface area contributed by atoms with Gasteiger partial charge in [-0.2, -0.15) is 0 Å². The lowest BCUT2D eigenvalue weighted by Gasteiger charge is -2.06. The maximum absolute atomic E-state index is 11.9. The Bertz CT molecular complexity index is 961. The third kappa shape index (κ3) is 7.25. The highest BCUT2D eigenvalue weighted by molar-refractivity contribution is 7.99. The summed E-state index contributed by atoms with van der Waals surface area (Å²) >= 11 is 1.24. The number of aromatic nitrogens is 2. The van der Waals surface area contributed by atoms with Gasteiger partial charge in [0.15, 0.2) is 6.61 Å². The first kappa shape index (κ1) is 21.4. The molecule has 1 aromatic heterocycles. The van der Waals surface area contributed by atoms with Gasteiger partial charge in [-0.15, -0.1) is 10.2 Å². The van der Waals surface area contributed by atoms with Gasteiger partial charge in [-0.05, 0) is 24.6 Å². The molecular formula is C21H22N4O4S. The summed E-state index contributed by atoms with van der Waals surface area (Å²) in [5, 5.41) is 13.1. The Kier molecular flexibility index (Phi) is 7.85. The summed E-state index contributed by atoms with van der Waals surface area (Å²) in [7, 11) is 0. The summed E-state index contributed by atoms with van der Waals surface area (Å²) < 4.78 is 11.1. The highest BCUT2D eigenvalue weighted by Gasteiger charge is 2.11. The Morgan fingerprint density at radius 1 is 1.07 bits per heavy atom. The van der Waals surface area contributed by atoms with Crippen LogP contribution < -0.4 is 15.4 Å². The summed E-state index contributed by atoms with van der Waals surface area (Å²) in [4.78, 5) is 23.6. The third-order valence-corrected chi connectivity index (χ3v) is 4.76. The quantitative estimate of drug-likeness (QED) is 0.505. The monoisotopic (exact) mass is 426 g/mol. The third-order valence-electron chi connectivity index (χ3n) is 3.94. The molecule has 3 aromatic rings. The largest absolute Gasteiger partial charge is 0.484 e. The summed E-state index contributed by atoms with van der Waals surface area (Å²) in [6, 6.07) is 16.6. The molecule has 3 rings (SSSR count). The van der Waals surface area contributed by atoms with Crippen molar-refractivity contribution in [2.24, 2.45) is 0 Å². The van der Waals surface area contributed by atoms with Crippen LogP contribution in [-0.2, 0) is 17.9 Å². The van der Waals surface area contributed by atoms with Gasteiger partial charge in [0.2, 0.25) is 5.91 Å². The molecule has 8 nitrogen and oxygen atoms in total. The summed E-state index contributed by atoms with van der Waals surface area (Å²) in [6.45, 7) is 2.52. The molecule has 9 heteroatoms. The molecule has 0 unspecified atom stereocenters. The van der Waals surface area contributed by atoms with Crippen LogP contribution in [0.1, 0.15) is 23.4 Å². The second-order valence-corrected chi connectivity index (χ2v) is 7.42. The SMILES string of the molecule is Cc1ccc(OCc2nnc(SCCC(=O)NC(=O)NCc3ccccc3)o2)cc1. The fourth-order valence-corrected chi connectivity index (χ4v) is 3.09. The number of hydrogen-bond donors (Lipinski definition) is 2. The number of benzene rings is 2. The van der Waals surface area contributed by atoms with Crippen LogP contribution in [0.5, 0.6) is 5.75 Å². The zero-order valence-corrected chi connectivity index (χ0v) is 17.3. The molecule has 0 aliphatic rings. The standard InChI is InChI=1S/C21H22N4O4S/c1-15-7-9-17(10-8-15)28-14-19-24-25-21(29-19)30-12-11-18(26)23-20(27)22-13-16-5-3-2-4-6-16/h2-10H,11-14H2,1H3,(H2,22,23,26,27). The zero-order chi connectivity index (χ0) is 21.2. The smallest absolute Gasteiger partial charge is 0.321 e. The van der Waals surface area contributed by atoms with Crippen LogP contribution in [0.15, 0.2) is 64.2 Å². The fraction of sp³-hybridized carbons (Fsp3) is 0.238. The predicted molar refractivity (Wildman–Crippen MR) is 112 cm³/mol. The van der Waals surface area contributed by atoms with Crippen LogP contribution in [0.25, 0.3) is 0 Å². The number of rotatable bonds is 9. The van der Waals surface area contributed by atoms with Gasteiger partial charge in [0, 0.05) is 18.7 Å². The van der Waals surface area contributed by atoms with E-state index in [0.717, 1.165) is 16.9 Å². The van der Waals surface area contributed by atoms with Crippen LogP contribution >= 0.6 is 11.8 Å². The number of carbonyl (C=O) groups is 2. The Morgan fingerprint density at radius 3 is 2.60 bits per heavy atom. The van der Waals surface area contributed by atoms with Crippen LogP contribution in [-0.4, -0.2) is 27.9 Å². The number of nitrogens with zero attached hydrogens (tertiary/aromatic N) is 2. The van der Waals surface area contributed by atoms with Crippen molar-refractivity contribution in [1.29, 1.82) is 0 Å². The van der Waals surface area contributed by atoms with Crippen molar-refractivity contribution in [3.63, 3.8) is 0 Å². The number of imide groups is 1. The normalized spacial score (nSPS) is 10.4. The second-order valence-electron chi connectivity index (χ2n) is 6.38. The molecule has 0 aliphatic carbocycles. The molecule has 156 valence electrons. The molecule has 0 radical (unpaired) electrons. The van der Waals surface area contributed by atoms with Gasteiger partial charge >= 0.3 is 6.03 Å². The highest BCUT2D eigenvalue weighted by Crippen LogP contribution is 2.18. The lowest BCUT2D eigenvalue weighted by Crippen LogP contribution is -2.39. The van der Waals surface area contributed by atoms with Crippen molar-refractivity contribution in [2.75, 3.05) is 5.75 Å². The highest BCUT2D eigenvalue weighted by atomic mass is 32.2. The minimum atomic E-state index is -0.526. The first-order valence-corrected chi connectivity index (χ1v) is 10.3. The second kappa shape index (κ2) is 11.0. The molecule has 0 fully saturated rings. The fourth-order valence-electron chi connectivity index (χ4n) is 2.38. The van der Waals surface area contributed by atoms with Gasteiger partial charge < -0.3 is 14.5 Å². The van der Waals surface area contributed by atoms with E-state index in [1.54, 1.807) is 0 Å². The lowest BCUT2D eigenvalue weighted by molar-refractivity contribution is -0.119. The number of hydrogen-bond acceptors (Lipinski definition) is 7. The molecule has 2 N–H and O–H groups in total. The molecule has 3 amide bonds. The molecular weight excluding hydrogens is 404 g/mol. The minimum absolute atomic E-state index is 0.140. The summed E-state index contributed by atoms with van der Waals surface area (Å²) in [5.41, 5.74) is 2.10. The Morgan fingerprint density at radius 2 is 1.83 bits per heavy atom. The summed E-state index contributed by atoms with van der Waals surface area (Å²) in [5.74, 6) is 1.09. The molecule has 0 bridgehead atoms. The van der Waals surface area contributed by atoms with Crippen LogP contribution in [0.4, 0.5) is 4.79 Å². The first-order valence-electron chi connectivity index (χ1n) is 9.35. The van der Waals surface area contributed by atoms with Crippen molar-refractivity contribution in [2.45, 2.75) is 31.7 Å². The van der Waals surface area contributed by atoms with E-state index in [9.17, 15) is 9.59 Å². The van der Waals surface area contributed by atoms with Gasteiger partial charge in [-0.1, -0.05) is 59.8 Å². The van der Waals surface area contributed by atoms with Crippen molar-refractivity contribution >= 4 is 23.7 Å². The van der Waals surface area contributed by atoms with Gasteiger partial charge in [0.1, 0.15) is 5.75 Å². The minimum Gasteiger partial charge on any atom is -0.484 e. The van der Waals surface area contributed by atoms with E-state index < -0.39 is 6.03 Å². The molecule has 0 aliphatic heterocycles. The van der Waals surface area contributed by atoms with E-state index in [1.807, 2.05) is 61.5 Å². The van der Waals surface area contributed by atoms with Crippen LogP contribution in [0.3, 0.4) is 0 Å². The number of carbonyl (C=O) groups excluding carboxylic acids is 2. The van der Waals surface area contributed by atoms with Crippen LogP contribution in [0.2, 0.25) is 0 Å². The van der Waals surface area contributed by atoms with Crippen LogP contribution in [0, 0.1) is 6.92 Å². The Hall–Kier alpha value is -3.33. The van der Waals surface area contributed by atoms with Gasteiger partial charge in [-0.25, -0.2) is 4.79 Å². The number of ether oxygens (including phenoxy) is 1. The molecule has 0 saturated carbocycles. The number of urea groups is 1. The zero-order valence-electron chi connectivity index (χ0n) is 16.5. The average molecular weight is 426 g/mol. The van der Waals surface area contributed by atoms with E-state index in [2.05, 4.69) is 20.8 Å². The Labute approximate surface area is 178 Å². The summed E-state index contributed by atoms with van der Waals surface area (Å²) in [6.07, 6.45) is 0.140. The molecule has 30 heavy (non-hydrogen) atoms. The van der Waals surface area contributed by atoms with E-state index in [-0.39, 0.29) is 18.9 Å². The average Bonchev–Trinajstić information content (AvgIpc) is 3.20. The van der Waals surface area contributed by atoms with Crippen molar-refractivity contribution in [3.05, 3.63) is 71.6 Å². The maximum atomic E-state index is 11.9. The molecule has 2 aromatic carbocycles. The number of nitrogens with one attached hydrogen (secondary N) is 2.